The lowest BCUT2D eigenvalue weighted by molar-refractivity contribution is 0.0522. The molecule has 2 aromatic carbocycles. The smallest absolute Gasteiger partial charge is 0.407 e. The van der Waals surface area contributed by atoms with Gasteiger partial charge in [0.25, 0.3) is 0 Å². The molecule has 0 aromatic heterocycles. The molecule has 0 saturated heterocycles. The fraction of sp³-hybridized carbons (Fsp3) is 0.409. The fourth-order valence-electron chi connectivity index (χ4n) is 2.98. The zero-order chi connectivity index (χ0) is 18.7. The summed E-state index contributed by atoms with van der Waals surface area (Å²) in [6, 6.07) is 16.5. The monoisotopic (exact) mass is 353 g/mol. The number of benzene rings is 2. The highest BCUT2D eigenvalue weighted by Crippen LogP contribution is 2.45. The molecule has 0 unspecified atom stereocenters. The van der Waals surface area contributed by atoms with E-state index in [0.29, 0.717) is 6.61 Å². The van der Waals surface area contributed by atoms with Crippen molar-refractivity contribution >= 4 is 6.09 Å². The van der Waals surface area contributed by atoms with Crippen molar-refractivity contribution in [2.45, 2.75) is 58.3 Å². The van der Waals surface area contributed by atoms with Crippen LogP contribution in [-0.4, -0.2) is 17.7 Å². The molecule has 0 spiro atoms. The van der Waals surface area contributed by atoms with E-state index in [1.54, 1.807) is 0 Å². The zero-order valence-corrected chi connectivity index (χ0v) is 15.9. The van der Waals surface area contributed by atoms with Gasteiger partial charge >= 0.3 is 6.09 Å². The summed E-state index contributed by atoms with van der Waals surface area (Å²) in [4.78, 5) is 12.0. The van der Waals surface area contributed by atoms with Crippen molar-refractivity contribution in [3.8, 4) is 5.75 Å². The van der Waals surface area contributed by atoms with Gasteiger partial charge in [-0.1, -0.05) is 48.0 Å². The molecule has 26 heavy (non-hydrogen) atoms. The van der Waals surface area contributed by atoms with Gasteiger partial charge in [-0.3, -0.25) is 0 Å². The quantitative estimate of drug-likeness (QED) is 0.827. The molecule has 0 radical (unpaired) electrons. The number of nitrogens with one attached hydrogen (secondary N) is 1. The summed E-state index contributed by atoms with van der Waals surface area (Å²) in [5, 5.41) is 2.96. The molecule has 1 fully saturated rings. The maximum absolute atomic E-state index is 12.0. The number of rotatable bonds is 5. The Hall–Kier alpha value is -2.49. The van der Waals surface area contributed by atoms with Crippen LogP contribution >= 0.6 is 0 Å². The molecular weight excluding hydrogens is 326 g/mol. The van der Waals surface area contributed by atoms with Gasteiger partial charge in [0, 0.05) is 12.0 Å². The van der Waals surface area contributed by atoms with Crippen molar-refractivity contribution < 1.29 is 14.3 Å². The lowest BCUT2D eigenvalue weighted by Crippen LogP contribution is -2.34. The second kappa shape index (κ2) is 7.40. The van der Waals surface area contributed by atoms with Gasteiger partial charge in [0.15, 0.2) is 0 Å². The van der Waals surface area contributed by atoms with Crippen LogP contribution in [0.2, 0.25) is 0 Å². The highest BCUT2D eigenvalue weighted by atomic mass is 16.6. The number of alkyl carbamates (subject to hydrolysis) is 1. The Morgan fingerprint density at radius 3 is 2.58 bits per heavy atom. The maximum Gasteiger partial charge on any atom is 0.407 e. The van der Waals surface area contributed by atoms with Gasteiger partial charge in [0.1, 0.15) is 18.0 Å². The summed E-state index contributed by atoms with van der Waals surface area (Å²) >= 11 is 0. The molecule has 138 valence electrons. The number of hydrogen-bond donors (Lipinski definition) is 1. The van der Waals surface area contributed by atoms with E-state index in [2.05, 4.69) is 36.5 Å². The predicted molar refractivity (Wildman–Crippen MR) is 102 cm³/mol. The van der Waals surface area contributed by atoms with Crippen molar-refractivity contribution in [3.05, 3.63) is 65.2 Å². The van der Waals surface area contributed by atoms with Crippen molar-refractivity contribution in [1.29, 1.82) is 0 Å². The SMILES string of the molecule is Cc1ccc(OCc2ccccc2)c([C@@H]2C[C@H]2NC(=O)OC(C)(C)C)c1. The van der Waals surface area contributed by atoms with E-state index in [1.807, 2.05) is 45.0 Å². The Labute approximate surface area is 155 Å². The third kappa shape index (κ3) is 5.01. The van der Waals surface area contributed by atoms with Crippen LogP contribution in [0, 0.1) is 6.92 Å². The number of ether oxygens (including phenoxy) is 2. The number of amides is 1. The molecule has 1 amide bonds. The van der Waals surface area contributed by atoms with Crippen LogP contribution in [0.15, 0.2) is 48.5 Å². The van der Waals surface area contributed by atoms with E-state index < -0.39 is 5.60 Å². The first kappa shape index (κ1) is 18.3. The highest BCUT2D eigenvalue weighted by molar-refractivity contribution is 5.69. The van der Waals surface area contributed by atoms with Gasteiger partial charge in [0.2, 0.25) is 0 Å². The molecule has 1 aliphatic rings. The average molecular weight is 353 g/mol. The molecule has 4 nitrogen and oxygen atoms in total. The maximum atomic E-state index is 12.0. The zero-order valence-electron chi connectivity index (χ0n) is 15.9. The molecule has 0 aliphatic heterocycles. The van der Waals surface area contributed by atoms with Crippen LogP contribution in [0.4, 0.5) is 4.79 Å². The van der Waals surface area contributed by atoms with Crippen LogP contribution < -0.4 is 10.1 Å². The summed E-state index contributed by atoms with van der Waals surface area (Å²) in [5.41, 5.74) is 3.00. The van der Waals surface area contributed by atoms with Gasteiger partial charge in [-0.25, -0.2) is 4.79 Å². The Bertz CT molecular complexity index is 765. The van der Waals surface area contributed by atoms with Crippen LogP contribution in [0.25, 0.3) is 0 Å². The molecule has 2 aromatic rings. The van der Waals surface area contributed by atoms with E-state index in [4.69, 9.17) is 9.47 Å². The summed E-state index contributed by atoms with van der Waals surface area (Å²) in [6.07, 6.45) is 0.550. The van der Waals surface area contributed by atoms with Crippen molar-refractivity contribution in [3.63, 3.8) is 0 Å². The first-order valence-corrected chi connectivity index (χ1v) is 9.08. The van der Waals surface area contributed by atoms with Gasteiger partial charge in [-0.2, -0.15) is 0 Å². The molecule has 4 heteroatoms. The second-order valence-corrected chi connectivity index (χ2v) is 7.91. The second-order valence-electron chi connectivity index (χ2n) is 7.91. The van der Waals surface area contributed by atoms with Crippen LogP contribution in [0.1, 0.15) is 49.8 Å². The van der Waals surface area contributed by atoms with Crippen molar-refractivity contribution in [2.75, 3.05) is 0 Å². The van der Waals surface area contributed by atoms with Gasteiger partial charge < -0.3 is 14.8 Å². The Kier molecular flexibility index (Phi) is 5.21. The molecule has 1 aliphatic carbocycles. The molecule has 2 atom stereocenters. The minimum Gasteiger partial charge on any atom is -0.489 e. The number of aryl methyl sites for hydroxylation is 1. The van der Waals surface area contributed by atoms with Crippen molar-refractivity contribution in [2.24, 2.45) is 0 Å². The lowest BCUT2D eigenvalue weighted by atomic mass is 10.1. The fourth-order valence-corrected chi connectivity index (χ4v) is 2.98. The van der Waals surface area contributed by atoms with Crippen LogP contribution in [0.5, 0.6) is 5.75 Å². The first-order chi connectivity index (χ1) is 12.3. The highest BCUT2D eigenvalue weighted by Gasteiger charge is 2.42. The standard InChI is InChI=1S/C22H27NO3/c1-15-10-11-20(25-14-16-8-6-5-7-9-16)18(12-15)17-13-19(17)23-21(24)26-22(2,3)4/h5-12,17,19H,13-14H2,1-4H3,(H,23,24)/t17-,19+/m0/s1. The molecule has 0 bridgehead atoms. The van der Waals surface area contributed by atoms with Gasteiger partial charge in [-0.05, 0) is 51.3 Å². The number of carbonyl (C=O) groups excluding carboxylic acids is 1. The summed E-state index contributed by atoms with van der Waals surface area (Å²) in [7, 11) is 0. The summed E-state index contributed by atoms with van der Waals surface area (Å²) in [5.74, 6) is 1.16. The molecule has 1 saturated carbocycles. The van der Waals surface area contributed by atoms with E-state index in [9.17, 15) is 4.79 Å². The van der Waals surface area contributed by atoms with E-state index in [1.165, 1.54) is 5.56 Å². The largest absolute Gasteiger partial charge is 0.489 e. The van der Waals surface area contributed by atoms with E-state index >= 15 is 0 Å². The third-order valence-electron chi connectivity index (χ3n) is 4.29. The minimum atomic E-state index is -0.484. The topological polar surface area (TPSA) is 47.6 Å². The van der Waals surface area contributed by atoms with Crippen LogP contribution in [0.3, 0.4) is 0 Å². The van der Waals surface area contributed by atoms with Crippen molar-refractivity contribution in [1.82, 2.24) is 5.32 Å². The van der Waals surface area contributed by atoms with Crippen LogP contribution in [-0.2, 0) is 11.3 Å². The predicted octanol–water partition coefficient (Wildman–Crippen LogP) is 4.95. The third-order valence-corrected chi connectivity index (χ3v) is 4.29. The summed E-state index contributed by atoms with van der Waals surface area (Å²) in [6.45, 7) is 8.21. The van der Waals surface area contributed by atoms with E-state index in [-0.39, 0.29) is 18.1 Å². The normalized spacial score (nSPS) is 18.9. The molecule has 0 heterocycles. The Morgan fingerprint density at radius 2 is 1.88 bits per heavy atom. The van der Waals surface area contributed by atoms with E-state index in [0.717, 1.165) is 23.3 Å². The molecule has 1 N–H and O–H groups in total. The molecular formula is C22H27NO3. The lowest BCUT2D eigenvalue weighted by Gasteiger charge is -2.20. The first-order valence-electron chi connectivity index (χ1n) is 9.08. The number of carbonyl (C=O) groups is 1. The van der Waals surface area contributed by atoms with Gasteiger partial charge in [-0.15, -0.1) is 0 Å². The molecule has 3 rings (SSSR count). The van der Waals surface area contributed by atoms with Gasteiger partial charge in [0.05, 0.1) is 0 Å². The average Bonchev–Trinajstić information content (AvgIpc) is 3.31. The Morgan fingerprint density at radius 1 is 1.15 bits per heavy atom. The minimum absolute atomic E-state index is 0.103. The summed E-state index contributed by atoms with van der Waals surface area (Å²) < 4.78 is 11.4. The number of hydrogen-bond acceptors (Lipinski definition) is 3. The Balaban J connectivity index is 1.65.